The Morgan fingerprint density at radius 2 is 1.89 bits per heavy atom. The molecule has 2 aromatic rings. The lowest BCUT2D eigenvalue weighted by Crippen LogP contribution is -2.04. The van der Waals surface area contributed by atoms with Gasteiger partial charge >= 0.3 is 12.1 Å². The van der Waals surface area contributed by atoms with Gasteiger partial charge in [-0.05, 0) is 5.56 Å². The van der Waals surface area contributed by atoms with Crippen molar-refractivity contribution in [2.24, 2.45) is 5.16 Å². The van der Waals surface area contributed by atoms with Gasteiger partial charge in [-0.3, -0.25) is 0 Å². The van der Waals surface area contributed by atoms with Crippen molar-refractivity contribution < 1.29 is 22.9 Å². The lowest BCUT2D eigenvalue weighted by atomic mass is 10.1. The minimum absolute atomic E-state index is 0.158. The molecule has 0 aliphatic rings. The number of nitrogens with zero attached hydrogens (tertiary/aromatic N) is 3. The Morgan fingerprint density at radius 3 is 2.39 bits per heavy atom. The van der Waals surface area contributed by atoms with E-state index >= 15 is 0 Å². The van der Waals surface area contributed by atoms with Gasteiger partial charge in [0.25, 0.3) is 0 Å². The van der Waals surface area contributed by atoms with Crippen molar-refractivity contribution >= 4 is 6.21 Å². The van der Waals surface area contributed by atoms with Crippen molar-refractivity contribution in [1.82, 2.24) is 10.1 Å². The molecule has 0 aliphatic heterocycles. The van der Waals surface area contributed by atoms with E-state index in [1.165, 1.54) is 18.3 Å². The molecule has 18 heavy (non-hydrogen) atoms. The summed E-state index contributed by atoms with van der Waals surface area (Å²) >= 11 is 0. The monoisotopic (exact) mass is 257 g/mol. The van der Waals surface area contributed by atoms with Crippen molar-refractivity contribution in [3.63, 3.8) is 0 Å². The number of oxime groups is 1. The molecule has 0 atom stereocenters. The van der Waals surface area contributed by atoms with E-state index < -0.39 is 12.1 Å². The van der Waals surface area contributed by atoms with E-state index in [0.29, 0.717) is 11.1 Å². The molecular formula is C10H6F3N3O2. The maximum absolute atomic E-state index is 12.2. The fourth-order valence-electron chi connectivity index (χ4n) is 1.24. The number of hydrogen-bond acceptors (Lipinski definition) is 5. The minimum atomic E-state index is -4.66. The SMILES string of the molecule is O/N=C/c1ccc(-c2noc(C(F)(F)F)n2)cc1. The Bertz CT molecular complexity index is 560. The van der Waals surface area contributed by atoms with Gasteiger partial charge in [-0.15, -0.1) is 0 Å². The van der Waals surface area contributed by atoms with Crippen LogP contribution in [0.4, 0.5) is 13.2 Å². The molecule has 0 spiro atoms. The third-order valence-corrected chi connectivity index (χ3v) is 2.04. The van der Waals surface area contributed by atoms with Crippen LogP contribution in [0.1, 0.15) is 11.5 Å². The Hall–Kier alpha value is -2.38. The highest BCUT2D eigenvalue weighted by Gasteiger charge is 2.38. The van der Waals surface area contributed by atoms with Crippen molar-refractivity contribution in [3.05, 3.63) is 35.7 Å². The van der Waals surface area contributed by atoms with Gasteiger partial charge in [-0.2, -0.15) is 18.2 Å². The molecule has 1 N–H and O–H groups in total. The highest BCUT2D eigenvalue weighted by Crippen LogP contribution is 2.29. The van der Waals surface area contributed by atoms with Crippen LogP contribution in [-0.2, 0) is 6.18 Å². The zero-order valence-electron chi connectivity index (χ0n) is 8.72. The molecule has 94 valence electrons. The van der Waals surface area contributed by atoms with Gasteiger partial charge in [0.2, 0.25) is 5.82 Å². The Balaban J connectivity index is 2.29. The van der Waals surface area contributed by atoms with Crippen LogP contribution in [0.2, 0.25) is 0 Å². The third-order valence-electron chi connectivity index (χ3n) is 2.04. The molecule has 5 nitrogen and oxygen atoms in total. The number of aromatic nitrogens is 2. The van der Waals surface area contributed by atoms with Crippen LogP contribution >= 0.6 is 0 Å². The molecule has 0 bridgehead atoms. The molecule has 0 radical (unpaired) electrons. The highest BCUT2D eigenvalue weighted by atomic mass is 19.4. The van der Waals surface area contributed by atoms with E-state index in [2.05, 4.69) is 19.8 Å². The van der Waals surface area contributed by atoms with Crippen LogP contribution in [-0.4, -0.2) is 21.6 Å². The lowest BCUT2D eigenvalue weighted by molar-refractivity contribution is -0.159. The van der Waals surface area contributed by atoms with E-state index in [-0.39, 0.29) is 5.82 Å². The van der Waals surface area contributed by atoms with E-state index in [0.717, 1.165) is 0 Å². The van der Waals surface area contributed by atoms with Gasteiger partial charge in [0.1, 0.15) is 0 Å². The maximum atomic E-state index is 12.2. The van der Waals surface area contributed by atoms with Crippen molar-refractivity contribution in [2.45, 2.75) is 6.18 Å². The summed E-state index contributed by atoms with van der Waals surface area (Å²) in [5, 5.41) is 14.4. The van der Waals surface area contributed by atoms with Gasteiger partial charge in [-0.25, -0.2) is 0 Å². The van der Waals surface area contributed by atoms with Gasteiger partial charge < -0.3 is 9.73 Å². The highest BCUT2D eigenvalue weighted by molar-refractivity contribution is 5.80. The predicted molar refractivity (Wildman–Crippen MR) is 54.1 cm³/mol. The summed E-state index contributed by atoms with van der Waals surface area (Å²) in [5.74, 6) is -1.55. The minimum Gasteiger partial charge on any atom is -0.411 e. The average molecular weight is 257 g/mol. The fraction of sp³-hybridized carbons (Fsp3) is 0.100. The van der Waals surface area contributed by atoms with Crippen LogP contribution in [0.5, 0.6) is 0 Å². The molecule has 1 aromatic heterocycles. The summed E-state index contributed by atoms with van der Waals surface area (Å²) in [5.41, 5.74) is 0.949. The maximum Gasteiger partial charge on any atom is 0.471 e. The summed E-state index contributed by atoms with van der Waals surface area (Å²) in [7, 11) is 0. The number of alkyl halides is 3. The van der Waals surface area contributed by atoms with Crippen LogP contribution < -0.4 is 0 Å². The van der Waals surface area contributed by atoms with E-state index in [1.807, 2.05) is 0 Å². The standard InChI is InChI=1S/C10H6F3N3O2/c11-10(12,13)9-15-8(16-18-9)7-3-1-6(2-4-7)5-14-17/h1-5,17H/b14-5+. The molecule has 0 saturated heterocycles. The Kier molecular flexibility index (Phi) is 3.00. The summed E-state index contributed by atoms with van der Waals surface area (Å²) in [6.07, 6.45) is -3.48. The second-order valence-electron chi connectivity index (χ2n) is 3.29. The second kappa shape index (κ2) is 4.47. The molecular weight excluding hydrogens is 251 g/mol. The normalized spacial score (nSPS) is 12.2. The van der Waals surface area contributed by atoms with Gasteiger partial charge in [0, 0.05) is 5.56 Å². The third kappa shape index (κ3) is 2.47. The van der Waals surface area contributed by atoms with Gasteiger partial charge in [-0.1, -0.05) is 34.6 Å². The number of halogens is 3. The largest absolute Gasteiger partial charge is 0.471 e. The predicted octanol–water partition coefficient (Wildman–Crippen LogP) is 2.56. The van der Waals surface area contributed by atoms with Gasteiger partial charge in [0.05, 0.1) is 6.21 Å². The molecule has 0 aliphatic carbocycles. The number of hydrogen-bond donors (Lipinski definition) is 1. The molecule has 8 heteroatoms. The summed E-state index contributed by atoms with van der Waals surface area (Å²) in [4.78, 5) is 3.24. The van der Waals surface area contributed by atoms with E-state index in [9.17, 15) is 13.2 Å². The first-order valence-electron chi connectivity index (χ1n) is 4.69. The van der Waals surface area contributed by atoms with Crippen LogP contribution in [0.3, 0.4) is 0 Å². The van der Waals surface area contributed by atoms with Crippen molar-refractivity contribution in [2.75, 3.05) is 0 Å². The summed E-state index contributed by atoms with van der Waals surface area (Å²) in [6, 6.07) is 6.06. The first-order valence-corrected chi connectivity index (χ1v) is 4.69. The Morgan fingerprint density at radius 1 is 1.22 bits per heavy atom. The molecule has 0 saturated carbocycles. The smallest absolute Gasteiger partial charge is 0.411 e. The first-order chi connectivity index (χ1) is 8.50. The molecule has 1 heterocycles. The van der Waals surface area contributed by atoms with Gasteiger partial charge in [0.15, 0.2) is 0 Å². The lowest BCUT2D eigenvalue weighted by Gasteiger charge is -1.96. The van der Waals surface area contributed by atoms with Crippen molar-refractivity contribution in [3.8, 4) is 11.4 Å². The zero-order valence-corrected chi connectivity index (χ0v) is 8.72. The first kappa shape index (κ1) is 12.1. The summed E-state index contributed by atoms with van der Waals surface area (Å²) in [6.45, 7) is 0. The van der Waals surface area contributed by atoms with E-state index in [4.69, 9.17) is 5.21 Å². The molecule has 0 amide bonds. The molecule has 0 fully saturated rings. The van der Waals surface area contributed by atoms with E-state index in [1.54, 1.807) is 12.1 Å². The summed E-state index contributed by atoms with van der Waals surface area (Å²) < 4.78 is 40.8. The second-order valence-corrected chi connectivity index (χ2v) is 3.29. The van der Waals surface area contributed by atoms with Crippen LogP contribution in [0.25, 0.3) is 11.4 Å². The zero-order chi connectivity index (χ0) is 13.2. The number of benzene rings is 1. The van der Waals surface area contributed by atoms with Crippen molar-refractivity contribution in [1.29, 1.82) is 0 Å². The Labute approximate surface area is 98.5 Å². The quantitative estimate of drug-likeness (QED) is 0.510. The van der Waals surface area contributed by atoms with Crippen LogP contribution in [0, 0.1) is 0 Å². The average Bonchev–Trinajstić information content (AvgIpc) is 2.79. The topological polar surface area (TPSA) is 71.5 Å². The molecule has 0 unspecified atom stereocenters. The molecule has 1 aromatic carbocycles. The fourth-order valence-corrected chi connectivity index (χ4v) is 1.24. The van der Waals surface area contributed by atoms with Crippen LogP contribution in [0.15, 0.2) is 33.9 Å². The number of rotatable bonds is 2. The molecule has 2 rings (SSSR count).